The Bertz CT molecular complexity index is 1260. The molecule has 0 aliphatic heterocycles. The predicted molar refractivity (Wildman–Crippen MR) is 129 cm³/mol. The highest BCUT2D eigenvalue weighted by Crippen LogP contribution is 2.19. The zero-order valence-electron chi connectivity index (χ0n) is 17.6. The Balaban J connectivity index is 1.64. The first-order chi connectivity index (χ1) is 15.0. The molecule has 0 saturated heterocycles. The number of rotatable bonds is 6. The number of furan rings is 1. The van der Waals surface area contributed by atoms with Gasteiger partial charge in [0.15, 0.2) is 5.11 Å². The second kappa shape index (κ2) is 9.18. The predicted octanol–water partition coefficient (Wildman–Crippen LogP) is 5.39. The van der Waals surface area contributed by atoms with E-state index in [1.165, 1.54) is 5.56 Å². The van der Waals surface area contributed by atoms with Gasteiger partial charge >= 0.3 is 0 Å². The molecule has 0 aliphatic carbocycles. The van der Waals surface area contributed by atoms with Gasteiger partial charge in [-0.25, -0.2) is 0 Å². The number of para-hydroxylation sites is 1. The van der Waals surface area contributed by atoms with E-state index in [-0.39, 0.29) is 5.56 Å². The van der Waals surface area contributed by atoms with Crippen molar-refractivity contribution in [1.82, 2.24) is 9.88 Å². The van der Waals surface area contributed by atoms with Crippen molar-refractivity contribution in [3.05, 3.63) is 99.7 Å². The molecule has 0 unspecified atom stereocenters. The number of pyridine rings is 1. The van der Waals surface area contributed by atoms with Crippen LogP contribution >= 0.6 is 12.2 Å². The molecule has 2 aromatic carbocycles. The summed E-state index contributed by atoms with van der Waals surface area (Å²) in [6, 6.07) is 19.8. The average Bonchev–Trinajstić information content (AvgIpc) is 3.27. The van der Waals surface area contributed by atoms with Gasteiger partial charge in [-0.3, -0.25) is 4.79 Å². The number of fused-ring (bicyclic) bond motifs is 1. The van der Waals surface area contributed by atoms with Crippen molar-refractivity contribution < 1.29 is 4.42 Å². The normalized spacial score (nSPS) is 10.9. The highest BCUT2D eigenvalue weighted by Gasteiger charge is 2.16. The Morgan fingerprint density at radius 3 is 2.68 bits per heavy atom. The third-order valence-electron chi connectivity index (χ3n) is 5.29. The number of nitrogens with zero attached hydrogens (tertiary/aromatic N) is 1. The van der Waals surface area contributed by atoms with Crippen molar-refractivity contribution in [1.29, 1.82) is 0 Å². The maximum Gasteiger partial charge on any atom is 0.253 e. The number of aromatic nitrogens is 1. The molecule has 2 heterocycles. The number of aromatic amines is 1. The van der Waals surface area contributed by atoms with Crippen LogP contribution in [-0.2, 0) is 19.5 Å². The van der Waals surface area contributed by atoms with Gasteiger partial charge in [-0.2, -0.15) is 0 Å². The van der Waals surface area contributed by atoms with E-state index in [9.17, 15) is 4.79 Å². The van der Waals surface area contributed by atoms with Crippen molar-refractivity contribution in [3.63, 3.8) is 0 Å². The molecule has 0 bridgehead atoms. The first-order valence-corrected chi connectivity index (χ1v) is 10.7. The first kappa shape index (κ1) is 20.9. The molecule has 0 spiro atoms. The molecule has 0 saturated carbocycles. The van der Waals surface area contributed by atoms with E-state index in [4.69, 9.17) is 16.6 Å². The molecule has 0 fully saturated rings. The Kier molecular flexibility index (Phi) is 6.18. The Morgan fingerprint density at radius 2 is 1.90 bits per heavy atom. The fourth-order valence-electron chi connectivity index (χ4n) is 3.62. The summed E-state index contributed by atoms with van der Waals surface area (Å²) in [7, 11) is 0. The summed E-state index contributed by atoms with van der Waals surface area (Å²) < 4.78 is 5.55. The highest BCUT2D eigenvalue weighted by molar-refractivity contribution is 7.80. The van der Waals surface area contributed by atoms with Crippen molar-refractivity contribution in [2.45, 2.75) is 33.4 Å². The van der Waals surface area contributed by atoms with E-state index in [2.05, 4.69) is 23.3 Å². The zero-order chi connectivity index (χ0) is 21.8. The van der Waals surface area contributed by atoms with Crippen molar-refractivity contribution in [3.8, 4) is 0 Å². The molecule has 6 heteroatoms. The smallest absolute Gasteiger partial charge is 0.253 e. The van der Waals surface area contributed by atoms with Crippen LogP contribution in [0.3, 0.4) is 0 Å². The van der Waals surface area contributed by atoms with Crippen LogP contribution in [-0.4, -0.2) is 15.0 Å². The van der Waals surface area contributed by atoms with Crippen molar-refractivity contribution >= 4 is 33.9 Å². The topological polar surface area (TPSA) is 61.3 Å². The van der Waals surface area contributed by atoms with Gasteiger partial charge < -0.3 is 19.6 Å². The highest BCUT2D eigenvalue weighted by atomic mass is 32.1. The number of benzene rings is 2. The van der Waals surface area contributed by atoms with E-state index >= 15 is 0 Å². The summed E-state index contributed by atoms with van der Waals surface area (Å²) in [4.78, 5) is 17.7. The summed E-state index contributed by atoms with van der Waals surface area (Å²) in [6.07, 6.45) is 2.54. The van der Waals surface area contributed by atoms with Gasteiger partial charge in [-0.05, 0) is 72.4 Å². The molecule has 0 atom stereocenters. The van der Waals surface area contributed by atoms with Gasteiger partial charge in [0.1, 0.15) is 5.76 Å². The van der Waals surface area contributed by atoms with Gasteiger partial charge in [-0.15, -0.1) is 0 Å². The van der Waals surface area contributed by atoms with E-state index < -0.39 is 0 Å². The number of aryl methyl sites for hydroxylation is 2. The molecular weight excluding hydrogens is 406 g/mol. The lowest BCUT2D eigenvalue weighted by atomic mass is 10.1. The molecular formula is C25H25N3O2S. The lowest BCUT2D eigenvalue weighted by Crippen LogP contribution is -2.35. The number of hydrogen-bond donors (Lipinski definition) is 2. The Morgan fingerprint density at radius 1 is 1.06 bits per heavy atom. The minimum Gasteiger partial charge on any atom is -0.467 e. The average molecular weight is 432 g/mol. The Labute approximate surface area is 186 Å². The largest absolute Gasteiger partial charge is 0.467 e. The fourth-order valence-corrected chi connectivity index (χ4v) is 3.86. The van der Waals surface area contributed by atoms with Gasteiger partial charge in [0, 0.05) is 16.8 Å². The van der Waals surface area contributed by atoms with Crippen LogP contribution in [0.25, 0.3) is 10.9 Å². The van der Waals surface area contributed by atoms with E-state index in [1.54, 1.807) is 6.26 Å². The molecule has 0 amide bonds. The monoisotopic (exact) mass is 431 g/mol. The molecule has 2 aromatic heterocycles. The van der Waals surface area contributed by atoms with Crippen LogP contribution in [0.4, 0.5) is 5.69 Å². The SMILES string of the molecule is CCc1ccccc1NC(=S)N(Cc1ccco1)Cc1cc2ccc(C)cc2[nH]c1=O. The fraction of sp³-hybridized carbons (Fsp3) is 0.200. The van der Waals surface area contributed by atoms with Crippen LogP contribution < -0.4 is 10.9 Å². The second-order valence-corrected chi connectivity index (χ2v) is 7.98. The maximum atomic E-state index is 12.8. The number of anilines is 1. The summed E-state index contributed by atoms with van der Waals surface area (Å²) in [5.41, 5.74) is 4.64. The molecule has 31 heavy (non-hydrogen) atoms. The van der Waals surface area contributed by atoms with Gasteiger partial charge in [0.2, 0.25) is 0 Å². The molecule has 2 N–H and O–H groups in total. The summed E-state index contributed by atoms with van der Waals surface area (Å²) in [5.74, 6) is 0.778. The van der Waals surface area contributed by atoms with Gasteiger partial charge in [-0.1, -0.05) is 37.3 Å². The molecule has 4 rings (SSSR count). The van der Waals surface area contributed by atoms with Crippen LogP contribution in [0.1, 0.15) is 29.4 Å². The van der Waals surface area contributed by atoms with E-state index in [0.717, 1.165) is 34.3 Å². The molecule has 158 valence electrons. The van der Waals surface area contributed by atoms with E-state index in [1.807, 2.05) is 66.4 Å². The minimum absolute atomic E-state index is 0.112. The molecule has 4 aromatic rings. The third-order valence-corrected chi connectivity index (χ3v) is 5.65. The lowest BCUT2D eigenvalue weighted by Gasteiger charge is -2.25. The third kappa shape index (κ3) is 4.86. The number of nitrogens with one attached hydrogen (secondary N) is 2. The standard InChI is InChI=1S/C25H25N3O2S/c1-3-18-7-4-5-9-22(18)27-25(31)28(16-21-8-6-12-30-21)15-20-14-19-11-10-17(2)13-23(19)26-24(20)29/h4-14H,3,15-16H2,1-2H3,(H,26,29)(H,27,31). The van der Waals surface area contributed by atoms with E-state index in [0.29, 0.717) is 23.8 Å². The zero-order valence-corrected chi connectivity index (χ0v) is 18.5. The number of hydrogen-bond acceptors (Lipinski definition) is 3. The summed E-state index contributed by atoms with van der Waals surface area (Å²) in [5, 5.41) is 4.90. The minimum atomic E-state index is -0.112. The van der Waals surface area contributed by atoms with Crippen LogP contribution in [0.5, 0.6) is 0 Å². The number of H-pyrrole nitrogens is 1. The van der Waals surface area contributed by atoms with Crippen molar-refractivity contribution in [2.75, 3.05) is 5.32 Å². The number of thiocarbonyl (C=S) groups is 1. The summed E-state index contributed by atoms with van der Waals surface area (Å²) >= 11 is 5.75. The van der Waals surface area contributed by atoms with Crippen LogP contribution in [0.15, 0.2) is 76.1 Å². The second-order valence-electron chi connectivity index (χ2n) is 7.59. The molecule has 0 radical (unpaired) electrons. The van der Waals surface area contributed by atoms with Gasteiger partial charge in [0.25, 0.3) is 5.56 Å². The molecule has 5 nitrogen and oxygen atoms in total. The Hall–Kier alpha value is -3.38. The quantitative estimate of drug-likeness (QED) is 0.401. The maximum absolute atomic E-state index is 12.8. The lowest BCUT2D eigenvalue weighted by molar-refractivity contribution is 0.359. The summed E-state index contributed by atoms with van der Waals surface area (Å²) in [6.45, 7) is 4.94. The van der Waals surface area contributed by atoms with Crippen LogP contribution in [0, 0.1) is 6.92 Å². The first-order valence-electron chi connectivity index (χ1n) is 10.3. The van der Waals surface area contributed by atoms with Gasteiger partial charge in [0.05, 0.1) is 19.4 Å². The van der Waals surface area contributed by atoms with Crippen molar-refractivity contribution in [2.24, 2.45) is 0 Å². The van der Waals surface area contributed by atoms with Crippen LogP contribution in [0.2, 0.25) is 0 Å². The molecule has 0 aliphatic rings.